The summed E-state index contributed by atoms with van der Waals surface area (Å²) in [6, 6.07) is 0.342. The first kappa shape index (κ1) is 12.0. The van der Waals surface area contributed by atoms with E-state index in [9.17, 15) is 5.11 Å². The van der Waals surface area contributed by atoms with Crippen LogP contribution >= 0.6 is 0 Å². The zero-order valence-corrected chi connectivity index (χ0v) is 9.41. The Bertz CT molecular complexity index is 146. The molecule has 0 aliphatic carbocycles. The summed E-state index contributed by atoms with van der Waals surface area (Å²) in [5.74, 6) is 0. The topological polar surface area (TPSA) is 32.7 Å². The molecule has 0 aromatic carbocycles. The van der Waals surface area contributed by atoms with Crippen LogP contribution in [-0.4, -0.2) is 48.5 Å². The lowest BCUT2D eigenvalue weighted by Crippen LogP contribution is -2.48. The smallest absolute Gasteiger partial charge is 0.0692 e. The van der Waals surface area contributed by atoms with Gasteiger partial charge in [0.25, 0.3) is 0 Å². The van der Waals surface area contributed by atoms with Crippen molar-refractivity contribution in [2.24, 2.45) is 0 Å². The van der Waals surface area contributed by atoms with Crippen molar-refractivity contribution in [3.8, 4) is 0 Å². The van der Waals surface area contributed by atoms with E-state index in [1.807, 2.05) is 6.92 Å². The molecule has 1 rings (SSSR count). The molecule has 0 saturated carbocycles. The molecule has 0 aromatic rings. The normalized spacial score (nSPS) is 23.4. The standard InChI is InChI=1S/C11H23NO2/c1-3-5-10(11(13)4-2)12-6-8-14-9-7-12/h10-11,13H,3-9H2,1-2H3/t10-,11-/m1/s1. The van der Waals surface area contributed by atoms with Gasteiger partial charge < -0.3 is 9.84 Å². The van der Waals surface area contributed by atoms with Crippen LogP contribution in [0.3, 0.4) is 0 Å². The second-order valence-electron chi connectivity index (χ2n) is 3.98. The third kappa shape index (κ3) is 3.23. The third-order valence-corrected chi connectivity index (χ3v) is 2.96. The molecule has 0 radical (unpaired) electrons. The van der Waals surface area contributed by atoms with Gasteiger partial charge in [0.1, 0.15) is 0 Å². The molecule has 0 aromatic heterocycles. The van der Waals surface area contributed by atoms with Crippen LogP contribution in [0.5, 0.6) is 0 Å². The molecule has 1 saturated heterocycles. The molecule has 1 N–H and O–H groups in total. The van der Waals surface area contributed by atoms with Gasteiger partial charge in [0, 0.05) is 19.1 Å². The second-order valence-corrected chi connectivity index (χ2v) is 3.98. The van der Waals surface area contributed by atoms with Crippen LogP contribution in [0, 0.1) is 0 Å². The highest BCUT2D eigenvalue weighted by Crippen LogP contribution is 2.15. The molecule has 1 fully saturated rings. The Morgan fingerprint density at radius 2 is 1.93 bits per heavy atom. The van der Waals surface area contributed by atoms with Gasteiger partial charge in [-0.1, -0.05) is 20.3 Å². The van der Waals surface area contributed by atoms with Crippen molar-refractivity contribution >= 4 is 0 Å². The summed E-state index contributed by atoms with van der Waals surface area (Å²) in [5, 5.41) is 9.92. The summed E-state index contributed by atoms with van der Waals surface area (Å²) in [5.41, 5.74) is 0. The Balaban J connectivity index is 2.46. The second kappa shape index (κ2) is 6.38. The van der Waals surface area contributed by atoms with Crippen LogP contribution in [-0.2, 0) is 4.74 Å². The molecular weight excluding hydrogens is 178 g/mol. The molecule has 84 valence electrons. The molecule has 0 amide bonds. The van der Waals surface area contributed by atoms with Gasteiger partial charge in [0.05, 0.1) is 19.3 Å². The van der Waals surface area contributed by atoms with E-state index in [0.29, 0.717) is 6.04 Å². The Labute approximate surface area is 87.1 Å². The van der Waals surface area contributed by atoms with E-state index in [1.54, 1.807) is 0 Å². The number of nitrogens with zero attached hydrogens (tertiary/aromatic N) is 1. The molecule has 0 unspecified atom stereocenters. The van der Waals surface area contributed by atoms with Gasteiger partial charge >= 0.3 is 0 Å². The number of hydrogen-bond donors (Lipinski definition) is 1. The van der Waals surface area contributed by atoms with E-state index >= 15 is 0 Å². The molecule has 3 nitrogen and oxygen atoms in total. The number of ether oxygens (including phenoxy) is 1. The van der Waals surface area contributed by atoms with Crippen molar-refractivity contribution < 1.29 is 9.84 Å². The predicted molar refractivity (Wildman–Crippen MR) is 57.4 cm³/mol. The zero-order valence-electron chi connectivity index (χ0n) is 9.41. The minimum atomic E-state index is -0.173. The van der Waals surface area contributed by atoms with Crippen LogP contribution in [0.15, 0.2) is 0 Å². The summed E-state index contributed by atoms with van der Waals surface area (Å²) in [4.78, 5) is 2.38. The number of rotatable bonds is 5. The van der Waals surface area contributed by atoms with Crippen LogP contribution in [0.2, 0.25) is 0 Å². The van der Waals surface area contributed by atoms with E-state index in [2.05, 4.69) is 11.8 Å². The van der Waals surface area contributed by atoms with Crippen LogP contribution in [0.4, 0.5) is 0 Å². The fourth-order valence-electron chi connectivity index (χ4n) is 2.10. The van der Waals surface area contributed by atoms with Gasteiger partial charge in [-0.25, -0.2) is 0 Å². The van der Waals surface area contributed by atoms with Crippen molar-refractivity contribution in [2.75, 3.05) is 26.3 Å². The SMILES string of the molecule is CCC[C@H]([C@H](O)CC)N1CCOCC1. The molecule has 3 heteroatoms. The van der Waals surface area contributed by atoms with Gasteiger partial charge in [-0.15, -0.1) is 0 Å². The minimum absolute atomic E-state index is 0.173. The number of morpholine rings is 1. The summed E-state index contributed by atoms with van der Waals surface area (Å²) in [7, 11) is 0. The lowest BCUT2D eigenvalue weighted by atomic mass is 10.0. The number of aliphatic hydroxyl groups is 1. The molecule has 0 spiro atoms. The first-order valence-corrected chi connectivity index (χ1v) is 5.79. The minimum Gasteiger partial charge on any atom is -0.392 e. The van der Waals surface area contributed by atoms with Crippen molar-refractivity contribution in [1.29, 1.82) is 0 Å². The highest BCUT2D eigenvalue weighted by molar-refractivity contribution is 4.79. The van der Waals surface area contributed by atoms with E-state index < -0.39 is 0 Å². The molecule has 1 aliphatic rings. The van der Waals surface area contributed by atoms with Crippen LogP contribution < -0.4 is 0 Å². The maximum atomic E-state index is 9.92. The summed E-state index contributed by atoms with van der Waals surface area (Å²) >= 11 is 0. The molecule has 14 heavy (non-hydrogen) atoms. The summed E-state index contributed by atoms with van der Waals surface area (Å²) in [6.07, 6.45) is 2.91. The highest BCUT2D eigenvalue weighted by atomic mass is 16.5. The summed E-state index contributed by atoms with van der Waals surface area (Å²) < 4.78 is 5.32. The zero-order chi connectivity index (χ0) is 10.4. The Kier molecular flexibility index (Phi) is 5.45. The monoisotopic (exact) mass is 201 g/mol. The third-order valence-electron chi connectivity index (χ3n) is 2.96. The van der Waals surface area contributed by atoms with E-state index in [4.69, 9.17) is 4.74 Å². The largest absolute Gasteiger partial charge is 0.392 e. The highest BCUT2D eigenvalue weighted by Gasteiger charge is 2.25. The Morgan fingerprint density at radius 3 is 2.43 bits per heavy atom. The fourth-order valence-corrected chi connectivity index (χ4v) is 2.10. The van der Waals surface area contributed by atoms with Gasteiger partial charge in [-0.3, -0.25) is 4.90 Å². The summed E-state index contributed by atoms with van der Waals surface area (Å²) in [6.45, 7) is 7.81. The lowest BCUT2D eigenvalue weighted by Gasteiger charge is -2.36. The quantitative estimate of drug-likeness (QED) is 0.727. The molecule has 1 aliphatic heterocycles. The maximum Gasteiger partial charge on any atom is 0.0692 e. The average molecular weight is 201 g/mol. The van der Waals surface area contributed by atoms with E-state index in [0.717, 1.165) is 45.6 Å². The first-order chi connectivity index (χ1) is 6.79. The molecule has 1 heterocycles. The molecule has 2 atom stereocenters. The van der Waals surface area contributed by atoms with E-state index in [-0.39, 0.29) is 6.10 Å². The lowest BCUT2D eigenvalue weighted by molar-refractivity contribution is -0.0252. The predicted octanol–water partition coefficient (Wildman–Crippen LogP) is 1.26. The van der Waals surface area contributed by atoms with Crippen molar-refractivity contribution in [1.82, 2.24) is 4.90 Å². The fraction of sp³-hybridized carbons (Fsp3) is 1.00. The Hall–Kier alpha value is -0.120. The van der Waals surface area contributed by atoms with Crippen LogP contribution in [0.1, 0.15) is 33.1 Å². The van der Waals surface area contributed by atoms with Gasteiger partial charge in [0.15, 0.2) is 0 Å². The van der Waals surface area contributed by atoms with Crippen LogP contribution in [0.25, 0.3) is 0 Å². The average Bonchev–Trinajstić information content (AvgIpc) is 2.26. The molecular formula is C11H23NO2. The van der Waals surface area contributed by atoms with Gasteiger partial charge in [0.2, 0.25) is 0 Å². The number of aliphatic hydroxyl groups excluding tert-OH is 1. The van der Waals surface area contributed by atoms with Crippen molar-refractivity contribution in [2.45, 2.75) is 45.3 Å². The van der Waals surface area contributed by atoms with Crippen molar-refractivity contribution in [3.05, 3.63) is 0 Å². The van der Waals surface area contributed by atoms with Crippen molar-refractivity contribution in [3.63, 3.8) is 0 Å². The maximum absolute atomic E-state index is 9.92. The molecule has 0 bridgehead atoms. The van der Waals surface area contributed by atoms with Gasteiger partial charge in [-0.2, -0.15) is 0 Å². The Morgan fingerprint density at radius 1 is 1.29 bits per heavy atom. The van der Waals surface area contributed by atoms with E-state index in [1.165, 1.54) is 0 Å². The number of hydrogen-bond acceptors (Lipinski definition) is 3. The van der Waals surface area contributed by atoms with Gasteiger partial charge in [-0.05, 0) is 12.8 Å². The first-order valence-electron chi connectivity index (χ1n) is 5.79.